The summed E-state index contributed by atoms with van der Waals surface area (Å²) in [6.45, 7) is 2.80. The van der Waals surface area contributed by atoms with E-state index in [4.69, 9.17) is 10.5 Å². The van der Waals surface area contributed by atoms with Crippen LogP contribution in [0.2, 0.25) is 0 Å². The number of nitrogen functional groups attached to an aromatic ring is 1. The molecule has 4 N–H and O–H groups in total. The number of unbranched alkanes of at least 4 members (excludes halogenated alkanes) is 8. The molecule has 31 heavy (non-hydrogen) atoms. The number of fused-ring (bicyclic) bond motifs is 1. The Morgan fingerprint density at radius 1 is 1.19 bits per heavy atom. The molecule has 0 spiro atoms. The molecule has 0 bridgehead atoms. The van der Waals surface area contributed by atoms with Gasteiger partial charge in [-0.3, -0.25) is 14.6 Å². The zero-order chi connectivity index (χ0) is 22.5. The number of esters is 1. The van der Waals surface area contributed by atoms with Crippen LogP contribution < -0.4 is 11.3 Å². The van der Waals surface area contributed by atoms with Gasteiger partial charge in [0.05, 0.1) is 12.9 Å². The minimum absolute atomic E-state index is 0.0187. The highest BCUT2D eigenvalue weighted by Gasteiger charge is 2.15. The summed E-state index contributed by atoms with van der Waals surface area (Å²) in [6.07, 6.45) is 13.3. The van der Waals surface area contributed by atoms with E-state index in [9.17, 15) is 14.7 Å². The number of aromatic amines is 1. The summed E-state index contributed by atoms with van der Waals surface area (Å²) in [4.78, 5) is 34.4. The number of ether oxygens (including phenoxy) is 1. The molecule has 2 aromatic heterocycles. The second-order valence-electron chi connectivity index (χ2n) is 8.16. The molecule has 0 fully saturated rings. The molecule has 0 aliphatic carbocycles. The Bertz CT molecular complexity index is 848. The standard InChI is InChI=1S/C22H37N5O4/c1-2-3-4-5-6-7-8-9-10-11-18(29)31-13-12-17(15-28)14-27-16-24-19-20(27)25-22(23)26-21(19)30/h16-17,28H,2-15H2,1H3,(H3,23,25,26,30). The number of anilines is 1. The maximum atomic E-state index is 11.9. The van der Waals surface area contributed by atoms with Gasteiger partial charge >= 0.3 is 5.97 Å². The molecule has 0 saturated carbocycles. The second-order valence-corrected chi connectivity index (χ2v) is 8.16. The van der Waals surface area contributed by atoms with Crippen molar-refractivity contribution >= 4 is 23.1 Å². The van der Waals surface area contributed by atoms with E-state index in [0.717, 1.165) is 12.8 Å². The first-order chi connectivity index (χ1) is 15.0. The average molecular weight is 436 g/mol. The molecule has 174 valence electrons. The number of hydrogen-bond donors (Lipinski definition) is 3. The largest absolute Gasteiger partial charge is 0.466 e. The van der Waals surface area contributed by atoms with E-state index in [2.05, 4.69) is 21.9 Å². The molecule has 0 aliphatic heterocycles. The third-order valence-electron chi connectivity index (χ3n) is 5.48. The van der Waals surface area contributed by atoms with Gasteiger partial charge in [-0.15, -0.1) is 0 Å². The first-order valence-electron chi connectivity index (χ1n) is 11.5. The maximum absolute atomic E-state index is 11.9. The quantitative estimate of drug-likeness (QED) is 0.272. The lowest BCUT2D eigenvalue weighted by Gasteiger charge is -2.15. The van der Waals surface area contributed by atoms with Gasteiger partial charge in [0.15, 0.2) is 11.2 Å². The molecule has 2 rings (SSSR count). The fraction of sp³-hybridized carbons (Fsp3) is 0.727. The fourth-order valence-electron chi connectivity index (χ4n) is 3.61. The predicted molar refractivity (Wildman–Crippen MR) is 121 cm³/mol. The van der Waals surface area contributed by atoms with Crippen LogP contribution in [0.5, 0.6) is 0 Å². The number of aliphatic hydroxyl groups is 1. The minimum Gasteiger partial charge on any atom is -0.466 e. The molecule has 9 heteroatoms. The Balaban J connectivity index is 1.62. The van der Waals surface area contributed by atoms with Crippen molar-refractivity contribution in [3.05, 3.63) is 16.7 Å². The summed E-state index contributed by atoms with van der Waals surface area (Å²) in [6, 6.07) is 0. The lowest BCUT2D eigenvalue weighted by molar-refractivity contribution is -0.144. The summed E-state index contributed by atoms with van der Waals surface area (Å²) in [5, 5.41) is 9.68. The first kappa shape index (κ1) is 24.8. The average Bonchev–Trinajstić information content (AvgIpc) is 3.14. The van der Waals surface area contributed by atoms with Gasteiger partial charge in [0.2, 0.25) is 5.95 Å². The first-order valence-corrected chi connectivity index (χ1v) is 11.5. The van der Waals surface area contributed by atoms with Crippen molar-refractivity contribution in [1.29, 1.82) is 0 Å². The predicted octanol–water partition coefficient (Wildman–Crippen LogP) is 3.16. The number of nitrogens with one attached hydrogen (secondary N) is 1. The number of aromatic nitrogens is 4. The van der Waals surface area contributed by atoms with E-state index in [1.807, 2.05) is 0 Å². The van der Waals surface area contributed by atoms with Crippen molar-refractivity contribution in [2.24, 2.45) is 5.92 Å². The fourth-order valence-corrected chi connectivity index (χ4v) is 3.61. The summed E-state index contributed by atoms with van der Waals surface area (Å²) in [7, 11) is 0. The van der Waals surface area contributed by atoms with Crippen molar-refractivity contribution in [2.75, 3.05) is 18.9 Å². The molecule has 2 heterocycles. The molecule has 0 amide bonds. The molecule has 1 unspecified atom stereocenters. The van der Waals surface area contributed by atoms with Crippen molar-refractivity contribution in [3.8, 4) is 0 Å². The Morgan fingerprint density at radius 3 is 2.55 bits per heavy atom. The van der Waals surface area contributed by atoms with Gasteiger partial charge in [0, 0.05) is 25.5 Å². The molecule has 0 aromatic carbocycles. The van der Waals surface area contributed by atoms with E-state index in [1.54, 1.807) is 4.57 Å². The maximum Gasteiger partial charge on any atom is 0.305 e. The second kappa shape index (κ2) is 13.8. The minimum atomic E-state index is -0.396. The van der Waals surface area contributed by atoms with Gasteiger partial charge in [0.25, 0.3) is 5.56 Å². The van der Waals surface area contributed by atoms with Gasteiger partial charge in [0.1, 0.15) is 0 Å². The van der Waals surface area contributed by atoms with Crippen LogP contribution in [0.1, 0.15) is 77.6 Å². The van der Waals surface area contributed by atoms with Crippen LogP contribution in [-0.4, -0.2) is 43.8 Å². The van der Waals surface area contributed by atoms with Crippen molar-refractivity contribution in [1.82, 2.24) is 19.5 Å². The number of rotatable bonds is 16. The zero-order valence-electron chi connectivity index (χ0n) is 18.6. The zero-order valence-corrected chi connectivity index (χ0v) is 18.6. The summed E-state index contributed by atoms with van der Waals surface area (Å²) >= 11 is 0. The van der Waals surface area contributed by atoms with Crippen LogP contribution in [0.3, 0.4) is 0 Å². The molecule has 9 nitrogen and oxygen atoms in total. The van der Waals surface area contributed by atoms with E-state index in [-0.39, 0.29) is 36.6 Å². The highest BCUT2D eigenvalue weighted by Crippen LogP contribution is 2.13. The van der Waals surface area contributed by atoms with Crippen LogP contribution in [-0.2, 0) is 16.1 Å². The summed E-state index contributed by atoms with van der Waals surface area (Å²) < 4.78 is 7.01. The number of carbonyl (C=O) groups excluding carboxylic acids is 1. The molecular formula is C22H37N5O4. The van der Waals surface area contributed by atoms with Crippen LogP contribution in [0.15, 0.2) is 11.1 Å². The monoisotopic (exact) mass is 435 g/mol. The Kier molecular flexibility index (Phi) is 11.1. The van der Waals surface area contributed by atoms with Crippen molar-refractivity contribution in [3.63, 3.8) is 0 Å². The third-order valence-corrected chi connectivity index (χ3v) is 5.48. The summed E-state index contributed by atoms with van der Waals surface area (Å²) in [5.74, 6) is -0.320. The van der Waals surface area contributed by atoms with Crippen molar-refractivity contribution in [2.45, 2.75) is 84.1 Å². The molecular weight excluding hydrogens is 398 g/mol. The molecule has 0 saturated heterocycles. The van der Waals surface area contributed by atoms with Crippen LogP contribution in [0.25, 0.3) is 11.2 Å². The van der Waals surface area contributed by atoms with E-state index in [1.165, 1.54) is 51.3 Å². The number of carbonyl (C=O) groups is 1. The number of hydrogen-bond acceptors (Lipinski definition) is 7. The Hall–Kier alpha value is -2.42. The molecule has 2 aromatic rings. The number of H-pyrrole nitrogens is 1. The third kappa shape index (κ3) is 8.69. The number of nitrogens with zero attached hydrogens (tertiary/aromatic N) is 3. The smallest absolute Gasteiger partial charge is 0.305 e. The summed E-state index contributed by atoms with van der Waals surface area (Å²) in [5.41, 5.74) is 5.79. The van der Waals surface area contributed by atoms with E-state index in [0.29, 0.717) is 25.0 Å². The lowest BCUT2D eigenvalue weighted by Crippen LogP contribution is -2.19. The van der Waals surface area contributed by atoms with Crippen LogP contribution in [0.4, 0.5) is 5.95 Å². The van der Waals surface area contributed by atoms with Gasteiger partial charge < -0.3 is 20.1 Å². The van der Waals surface area contributed by atoms with Crippen molar-refractivity contribution < 1.29 is 14.6 Å². The normalized spacial score (nSPS) is 12.3. The highest BCUT2D eigenvalue weighted by atomic mass is 16.5. The topological polar surface area (TPSA) is 136 Å². The van der Waals surface area contributed by atoms with E-state index < -0.39 is 5.56 Å². The van der Waals surface area contributed by atoms with Gasteiger partial charge in [-0.1, -0.05) is 58.3 Å². The Labute approximate surface area is 183 Å². The van der Waals surface area contributed by atoms with E-state index >= 15 is 0 Å². The lowest BCUT2D eigenvalue weighted by atomic mass is 10.1. The Morgan fingerprint density at radius 2 is 1.87 bits per heavy atom. The van der Waals surface area contributed by atoms with Gasteiger partial charge in [-0.05, 0) is 12.8 Å². The molecule has 0 aliphatic rings. The number of nitrogens with two attached hydrogens (primary N) is 1. The molecule has 0 radical (unpaired) electrons. The SMILES string of the molecule is CCCCCCCCCCCC(=O)OCCC(CO)Cn1cnc2c(=O)[nH]c(N)nc21. The van der Waals surface area contributed by atoms with Gasteiger partial charge in [-0.2, -0.15) is 4.98 Å². The number of imidazole rings is 1. The van der Waals surface area contributed by atoms with Gasteiger partial charge in [-0.25, -0.2) is 4.98 Å². The van der Waals surface area contributed by atoms with Crippen LogP contribution in [0, 0.1) is 5.92 Å². The molecule has 1 atom stereocenters. The van der Waals surface area contributed by atoms with Crippen LogP contribution >= 0.6 is 0 Å². The highest BCUT2D eigenvalue weighted by molar-refractivity contribution is 5.70. The number of aliphatic hydroxyl groups excluding tert-OH is 1.